The Balaban J connectivity index is 2.47. The predicted octanol–water partition coefficient (Wildman–Crippen LogP) is 0.784. The van der Waals surface area contributed by atoms with E-state index in [1.54, 1.807) is 0 Å². The van der Waals surface area contributed by atoms with Crippen molar-refractivity contribution in [3.8, 4) is 11.4 Å². The SMILES string of the molecule is COC(=O)c1ncn(-c2cc(OC)c(F)cc2N)n1. The van der Waals surface area contributed by atoms with E-state index in [0.717, 1.165) is 6.07 Å². The van der Waals surface area contributed by atoms with Gasteiger partial charge in [0.1, 0.15) is 6.33 Å². The first-order valence-electron chi connectivity index (χ1n) is 5.20. The number of hydrogen-bond donors (Lipinski definition) is 1. The van der Waals surface area contributed by atoms with E-state index >= 15 is 0 Å². The lowest BCUT2D eigenvalue weighted by Gasteiger charge is -2.08. The summed E-state index contributed by atoms with van der Waals surface area (Å²) in [6, 6.07) is 2.47. The molecule has 1 heterocycles. The highest BCUT2D eigenvalue weighted by Crippen LogP contribution is 2.26. The second-order valence-corrected chi connectivity index (χ2v) is 3.55. The molecule has 1 aromatic heterocycles. The lowest BCUT2D eigenvalue weighted by molar-refractivity contribution is 0.0587. The number of anilines is 1. The third-order valence-corrected chi connectivity index (χ3v) is 2.41. The fourth-order valence-corrected chi connectivity index (χ4v) is 1.48. The summed E-state index contributed by atoms with van der Waals surface area (Å²) in [6.45, 7) is 0. The summed E-state index contributed by atoms with van der Waals surface area (Å²) >= 11 is 0. The first-order chi connectivity index (χ1) is 9.06. The molecule has 0 aliphatic heterocycles. The zero-order valence-electron chi connectivity index (χ0n) is 10.3. The molecule has 0 radical (unpaired) electrons. The number of carbonyl (C=O) groups is 1. The molecule has 0 fully saturated rings. The number of benzene rings is 1. The van der Waals surface area contributed by atoms with Crippen LogP contribution in [0.5, 0.6) is 5.75 Å². The van der Waals surface area contributed by atoms with Gasteiger partial charge in [0.2, 0.25) is 0 Å². The lowest BCUT2D eigenvalue weighted by atomic mass is 10.2. The molecule has 0 saturated heterocycles. The van der Waals surface area contributed by atoms with Crippen molar-refractivity contribution in [3.63, 3.8) is 0 Å². The Morgan fingerprint density at radius 3 is 2.79 bits per heavy atom. The molecular weight excluding hydrogens is 255 g/mol. The number of ether oxygens (including phenoxy) is 2. The third-order valence-electron chi connectivity index (χ3n) is 2.41. The predicted molar refractivity (Wildman–Crippen MR) is 63.6 cm³/mol. The Bertz CT molecular complexity index is 626. The molecule has 2 aromatic rings. The molecule has 8 heteroatoms. The van der Waals surface area contributed by atoms with Crippen LogP contribution in [-0.2, 0) is 4.74 Å². The number of nitrogens with zero attached hydrogens (tertiary/aromatic N) is 3. The molecule has 0 bridgehead atoms. The maximum absolute atomic E-state index is 13.4. The van der Waals surface area contributed by atoms with Crippen LogP contribution in [0.25, 0.3) is 5.69 Å². The van der Waals surface area contributed by atoms with Crippen molar-refractivity contribution in [2.24, 2.45) is 0 Å². The molecule has 0 aliphatic rings. The quantitative estimate of drug-likeness (QED) is 0.652. The Morgan fingerprint density at radius 2 is 2.16 bits per heavy atom. The molecule has 0 aliphatic carbocycles. The summed E-state index contributed by atoms with van der Waals surface area (Å²) in [5.74, 6) is -1.37. The highest BCUT2D eigenvalue weighted by atomic mass is 19.1. The van der Waals surface area contributed by atoms with Crippen molar-refractivity contribution in [3.05, 3.63) is 30.1 Å². The fraction of sp³-hybridized carbons (Fsp3) is 0.182. The largest absolute Gasteiger partial charge is 0.494 e. The van der Waals surface area contributed by atoms with E-state index < -0.39 is 11.8 Å². The van der Waals surface area contributed by atoms with Gasteiger partial charge in [0, 0.05) is 12.1 Å². The average Bonchev–Trinajstić information content (AvgIpc) is 2.87. The van der Waals surface area contributed by atoms with E-state index in [2.05, 4.69) is 14.8 Å². The van der Waals surface area contributed by atoms with Crippen molar-refractivity contribution < 1.29 is 18.7 Å². The molecule has 19 heavy (non-hydrogen) atoms. The monoisotopic (exact) mass is 266 g/mol. The molecule has 0 amide bonds. The van der Waals surface area contributed by atoms with Crippen LogP contribution >= 0.6 is 0 Å². The summed E-state index contributed by atoms with van der Waals surface area (Å²) < 4.78 is 24.0. The van der Waals surface area contributed by atoms with E-state index in [1.807, 2.05) is 0 Å². The van der Waals surface area contributed by atoms with Gasteiger partial charge in [0.05, 0.1) is 25.6 Å². The molecule has 7 nitrogen and oxygen atoms in total. The number of methoxy groups -OCH3 is 2. The first kappa shape index (κ1) is 12.8. The van der Waals surface area contributed by atoms with Gasteiger partial charge in [0.25, 0.3) is 5.82 Å². The number of halogens is 1. The number of esters is 1. The van der Waals surface area contributed by atoms with Crippen LogP contribution in [0.3, 0.4) is 0 Å². The smallest absolute Gasteiger partial charge is 0.377 e. The Labute approximate surface area is 107 Å². The van der Waals surface area contributed by atoms with Crippen molar-refractivity contribution in [1.82, 2.24) is 14.8 Å². The molecule has 2 rings (SSSR count). The first-order valence-corrected chi connectivity index (χ1v) is 5.20. The Hall–Kier alpha value is -2.64. The van der Waals surface area contributed by atoms with Crippen LogP contribution in [0.4, 0.5) is 10.1 Å². The molecule has 0 spiro atoms. The molecule has 2 N–H and O–H groups in total. The van der Waals surface area contributed by atoms with Gasteiger partial charge in [-0.15, -0.1) is 5.10 Å². The van der Waals surface area contributed by atoms with Gasteiger partial charge in [-0.05, 0) is 0 Å². The summed E-state index contributed by atoms with van der Waals surface area (Å²) in [7, 11) is 2.55. The van der Waals surface area contributed by atoms with Crippen LogP contribution in [0, 0.1) is 5.82 Å². The number of nitrogens with two attached hydrogens (primary N) is 1. The lowest BCUT2D eigenvalue weighted by Crippen LogP contribution is -2.06. The zero-order chi connectivity index (χ0) is 14.0. The molecule has 0 saturated carbocycles. The average molecular weight is 266 g/mol. The van der Waals surface area contributed by atoms with Gasteiger partial charge < -0.3 is 15.2 Å². The van der Waals surface area contributed by atoms with Crippen molar-refractivity contribution in [2.45, 2.75) is 0 Å². The minimum absolute atomic E-state index is 0.0133. The van der Waals surface area contributed by atoms with E-state index in [1.165, 1.54) is 31.3 Å². The summed E-state index contributed by atoms with van der Waals surface area (Å²) in [4.78, 5) is 15.0. The zero-order valence-corrected chi connectivity index (χ0v) is 10.3. The summed E-state index contributed by atoms with van der Waals surface area (Å²) in [5.41, 5.74) is 6.18. The van der Waals surface area contributed by atoms with Crippen LogP contribution in [0.1, 0.15) is 10.6 Å². The number of hydrogen-bond acceptors (Lipinski definition) is 6. The van der Waals surface area contributed by atoms with Crippen LogP contribution in [0.2, 0.25) is 0 Å². The number of rotatable bonds is 3. The fourth-order valence-electron chi connectivity index (χ4n) is 1.48. The minimum Gasteiger partial charge on any atom is -0.494 e. The van der Waals surface area contributed by atoms with Crippen LogP contribution in [0.15, 0.2) is 18.5 Å². The maximum atomic E-state index is 13.4. The number of nitrogen functional groups attached to an aromatic ring is 1. The maximum Gasteiger partial charge on any atom is 0.377 e. The number of carbonyl (C=O) groups excluding carboxylic acids is 1. The molecular formula is C11H11FN4O3. The normalized spacial score (nSPS) is 10.3. The molecule has 100 valence electrons. The van der Waals surface area contributed by atoms with Crippen molar-refractivity contribution in [2.75, 3.05) is 20.0 Å². The molecule has 0 atom stereocenters. The highest BCUT2D eigenvalue weighted by molar-refractivity contribution is 5.84. The third kappa shape index (κ3) is 2.32. The molecule has 1 aromatic carbocycles. The minimum atomic E-state index is -0.675. The van der Waals surface area contributed by atoms with E-state index in [9.17, 15) is 9.18 Å². The summed E-state index contributed by atoms with van der Waals surface area (Å²) in [6.07, 6.45) is 1.27. The van der Waals surface area contributed by atoms with Gasteiger partial charge >= 0.3 is 5.97 Å². The van der Waals surface area contributed by atoms with Gasteiger partial charge in [-0.25, -0.2) is 18.9 Å². The van der Waals surface area contributed by atoms with E-state index in [0.29, 0.717) is 5.69 Å². The molecule has 0 unspecified atom stereocenters. The standard InChI is InChI=1S/C11H11FN4O3/c1-18-9-4-8(7(13)3-6(9)12)16-5-14-10(15-16)11(17)19-2/h3-5H,13H2,1-2H3. The van der Waals surface area contributed by atoms with Crippen molar-refractivity contribution in [1.29, 1.82) is 0 Å². The Morgan fingerprint density at radius 1 is 1.42 bits per heavy atom. The van der Waals surface area contributed by atoms with Gasteiger partial charge in [-0.3, -0.25) is 0 Å². The van der Waals surface area contributed by atoms with Gasteiger partial charge in [-0.1, -0.05) is 0 Å². The second kappa shape index (κ2) is 4.92. The topological polar surface area (TPSA) is 92.3 Å². The van der Waals surface area contributed by atoms with Crippen LogP contribution < -0.4 is 10.5 Å². The second-order valence-electron chi connectivity index (χ2n) is 3.55. The number of aromatic nitrogens is 3. The van der Waals surface area contributed by atoms with Gasteiger partial charge in [-0.2, -0.15) is 0 Å². The Kier molecular flexibility index (Phi) is 3.32. The van der Waals surface area contributed by atoms with Crippen LogP contribution in [-0.4, -0.2) is 35.0 Å². The van der Waals surface area contributed by atoms with E-state index in [-0.39, 0.29) is 17.3 Å². The highest BCUT2D eigenvalue weighted by Gasteiger charge is 2.15. The van der Waals surface area contributed by atoms with Gasteiger partial charge in [0.15, 0.2) is 11.6 Å². The van der Waals surface area contributed by atoms with E-state index in [4.69, 9.17) is 10.5 Å². The van der Waals surface area contributed by atoms with Crippen molar-refractivity contribution >= 4 is 11.7 Å². The summed E-state index contributed by atoms with van der Waals surface area (Å²) in [5, 5.41) is 3.89.